The van der Waals surface area contributed by atoms with Gasteiger partial charge >= 0.3 is 11.7 Å². The number of aliphatic hydroxyl groups excluding tert-OH is 1. The van der Waals surface area contributed by atoms with Crippen molar-refractivity contribution in [2.45, 2.75) is 37.9 Å². The lowest BCUT2D eigenvalue weighted by Gasteiger charge is -2.29. The summed E-state index contributed by atoms with van der Waals surface area (Å²) in [5, 5.41) is 13.0. The number of benzene rings is 1. The molecule has 160 valence electrons. The predicted octanol–water partition coefficient (Wildman–Crippen LogP) is 0.610. The van der Waals surface area contributed by atoms with Crippen LogP contribution in [0.15, 0.2) is 47.4 Å². The maximum Gasteiger partial charge on any atom is 0.351 e. The third-order valence-electron chi connectivity index (χ3n) is 4.71. The van der Waals surface area contributed by atoms with Crippen LogP contribution in [0.2, 0.25) is 0 Å². The molecule has 1 fully saturated rings. The smallest absolute Gasteiger partial charge is 0.351 e. The minimum absolute atomic E-state index is 0.0507. The second-order valence-corrected chi connectivity index (χ2v) is 6.87. The first-order valence-electron chi connectivity index (χ1n) is 9.28. The molecule has 0 aliphatic carbocycles. The van der Waals surface area contributed by atoms with Crippen LogP contribution < -0.4 is 11.0 Å². The minimum Gasteiger partial charge on any atom is -0.467 e. The molecule has 0 unspecified atom stereocenters. The zero-order valence-electron chi connectivity index (χ0n) is 16.6. The van der Waals surface area contributed by atoms with Gasteiger partial charge in [0.15, 0.2) is 0 Å². The van der Waals surface area contributed by atoms with Gasteiger partial charge < -0.3 is 24.6 Å². The molecule has 30 heavy (non-hydrogen) atoms. The number of hydrogen-bond donors (Lipinski definition) is 2. The number of aliphatic hydroxyl groups is 1. The van der Waals surface area contributed by atoms with Gasteiger partial charge in [-0.1, -0.05) is 30.3 Å². The van der Waals surface area contributed by atoms with Crippen LogP contribution in [0.4, 0.5) is 5.82 Å². The van der Waals surface area contributed by atoms with E-state index in [4.69, 9.17) is 14.2 Å². The molecule has 0 bridgehead atoms. The summed E-state index contributed by atoms with van der Waals surface area (Å²) in [6, 6.07) is 10.7. The van der Waals surface area contributed by atoms with Crippen molar-refractivity contribution in [3.8, 4) is 0 Å². The van der Waals surface area contributed by atoms with Crippen LogP contribution >= 0.6 is 0 Å². The Labute approximate surface area is 172 Å². The molecular formula is C20H23N3O7. The number of amides is 1. The van der Waals surface area contributed by atoms with Crippen molar-refractivity contribution in [1.82, 2.24) is 9.55 Å². The zero-order valence-corrected chi connectivity index (χ0v) is 16.6. The first-order valence-corrected chi connectivity index (χ1v) is 9.28. The van der Waals surface area contributed by atoms with E-state index in [0.29, 0.717) is 0 Å². The van der Waals surface area contributed by atoms with Gasteiger partial charge in [-0.15, -0.1) is 0 Å². The van der Waals surface area contributed by atoms with E-state index in [1.807, 2.05) is 30.3 Å². The van der Waals surface area contributed by atoms with E-state index in [1.165, 1.54) is 26.3 Å². The lowest BCUT2D eigenvalue weighted by molar-refractivity contribution is -0.192. The van der Waals surface area contributed by atoms with E-state index in [9.17, 15) is 19.5 Å². The summed E-state index contributed by atoms with van der Waals surface area (Å²) in [5.41, 5.74) is -1.61. The molecule has 0 radical (unpaired) electrons. The predicted molar refractivity (Wildman–Crippen MR) is 104 cm³/mol. The highest BCUT2D eigenvalue weighted by Crippen LogP contribution is 2.37. The largest absolute Gasteiger partial charge is 0.467 e. The van der Waals surface area contributed by atoms with Gasteiger partial charge in [-0.2, -0.15) is 4.98 Å². The van der Waals surface area contributed by atoms with E-state index >= 15 is 0 Å². The monoisotopic (exact) mass is 417 g/mol. The van der Waals surface area contributed by atoms with Crippen molar-refractivity contribution in [2.24, 2.45) is 0 Å². The summed E-state index contributed by atoms with van der Waals surface area (Å²) >= 11 is 0. The van der Waals surface area contributed by atoms with Crippen LogP contribution in [-0.4, -0.2) is 52.0 Å². The molecule has 1 aromatic carbocycles. The number of anilines is 1. The Hall–Kier alpha value is -3.08. The molecule has 10 heteroatoms. The van der Waals surface area contributed by atoms with Crippen LogP contribution in [0.5, 0.6) is 0 Å². The van der Waals surface area contributed by atoms with Crippen molar-refractivity contribution < 1.29 is 28.9 Å². The van der Waals surface area contributed by atoms with Crippen LogP contribution in [0.3, 0.4) is 0 Å². The number of hydrogen-bond acceptors (Lipinski definition) is 8. The molecule has 2 heterocycles. The van der Waals surface area contributed by atoms with Gasteiger partial charge in [-0.25, -0.2) is 9.59 Å². The van der Waals surface area contributed by atoms with Crippen molar-refractivity contribution in [2.75, 3.05) is 19.0 Å². The second kappa shape index (κ2) is 9.16. The summed E-state index contributed by atoms with van der Waals surface area (Å²) in [6.07, 6.45) is -0.917. The summed E-state index contributed by atoms with van der Waals surface area (Å²) in [4.78, 5) is 39.7. The fraction of sp³-hybridized carbons (Fsp3) is 0.400. The Balaban J connectivity index is 1.78. The first kappa shape index (κ1) is 21.6. The number of esters is 1. The summed E-state index contributed by atoms with van der Waals surface area (Å²) in [7, 11) is 1.18. The molecule has 2 aromatic rings. The number of carbonyl (C=O) groups excluding carboxylic acids is 2. The number of methoxy groups -OCH3 is 1. The number of rotatable bonds is 7. The van der Waals surface area contributed by atoms with Crippen molar-refractivity contribution in [3.05, 3.63) is 58.6 Å². The van der Waals surface area contributed by atoms with E-state index in [-0.39, 0.29) is 31.4 Å². The topological polar surface area (TPSA) is 129 Å². The fourth-order valence-corrected chi connectivity index (χ4v) is 3.24. The van der Waals surface area contributed by atoms with E-state index in [1.54, 1.807) is 0 Å². The van der Waals surface area contributed by atoms with Crippen molar-refractivity contribution in [3.63, 3.8) is 0 Å². The molecule has 1 aliphatic rings. The Bertz CT molecular complexity index is 962. The zero-order chi connectivity index (χ0) is 21.7. The Kier molecular flexibility index (Phi) is 6.60. The maximum atomic E-state index is 12.5. The van der Waals surface area contributed by atoms with Gasteiger partial charge in [0, 0.05) is 19.5 Å². The summed E-state index contributed by atoms with van der Waals surface area (Å²) in [6.45, 7) is 1.23. The highest BCUT2D eigenvalue weighted by Gasteiger charge is 2.56. The second-order valence-electron chi connectivity index (χ2n) is 6.87. The molecule has 3 atom stereocenters. The number of aromatic nitrogens is 2. The lowest BCUT2D eigenvalue weighted by atomic mass is 9.98. The van der Waals surface area contributed by atoms with Gasteiger partial charge in [0.1, 0.15) is 18.1 Å². The Morgan fingerprint density at radius 2 is 2.07 bits per heavy atom. The van der Waals surface area contributed by atoms with Crippen molar-refractivity contribution >= 4 is 17.7 Å². The van der Waals surface area contributed by atoms with E-state index < -0.39 is 29.6 Å². The molecule has 1 aliphatic heterocycles. The number of nitrogens with one attached hydrogen (secondary N) is 1. The van der Waals surface area contributed by atoms with Gasteiger partial charge in [0.2, 0.25) is 11.5 Å². The quantitative estimate of drug-likeness (QED) is 0.627. The molecule has 1 aromatic heterocycles. The van der Waals surface area contributed by atoms with Crippen LogP contribution in [0.25, 0.3) is 0 Å². The first-order chi connectivity index (χ1) is 14.4. The summed E-state index contributed by atoms with van der Waals surface area (Å²) < 4.78 is 17.4. The molecular weight excluding hydrogens is 394 g/mol. The SMILES string of the molecule is COC(=O)[C@]1(COCc2ccccc2)O[C@@H](n2ccc(NC(C)=O)nc2=O)C[C@@H]1O. The average molecular weight is 417 g/mol. The van der Waals surface area contributed by atoms with Crippen molar-refractivity contribution in [1.29, 1.82) is 0 Å². The fourth-order valence-electron chi connectivity index (χ4n) is 3.24. The van der Waals surface area contributed by atoms with Gasteiger partial charge in [0.05, 0.1) is 20.3 Å². The molecule has 2 N–H and O–H groups in total. The number of ether oxygens (including phenoxy) is 3. The highest BCUT2D eigenvalue weighted by atomic mass is 16.6. The maximum absolute atomic E-state index is 12.5. The molecule has 3 rings (SSSR count). The Morgan fingerprint density at radius 3 is 2.70 bits per heavy atom. The van der Waals surface area contributed by atoms with Gasteiger partial charge in [0.25, 0.3) is 0 Å². The lowest BCUT2D eigenvalue weighted by Crippen LogP contribution is -2.52. The average Bonchev–Trinajstić information content (AvgIpc) is 3.05. The third kappa shape index (κ3) is 4.56. The third-order valence-corrected chi connectivity index (χ3v) is 4.71. The van der Waals surface area contributed by atoms with Crippen LogP contribution in [0, 0.1) is 0 Å². The number of carbonyl (C=O) groups is 2. The summed E-state index contributed by atoms with van der Waals surface area (Å²) in [5.74, 6) is -1.08. The van der Waals surface area contributed by atoms with Crippen LogP contribution in [-0.2, 0) is 30.4 Å². The minimum atomic E-state index is -1.79. The number of nitrogens with zero attached hydrogens (tertiary/aromatic N) is 2. The molecule has 0 saturated carbocycles. The molecule has 0 spiro atoms. The molecule has 10 nitrogen and oxygen atoms in total. The molecule has 1 amide bonds. The van der Waals surface area contributed by atoms with E-state index in [0.717, 1.165) is 10.1 Å². The van der Waals surface area contributed by atoms with Crippen LogP contribution in [0.1, 0.15) is 25.1 Å². The van der Waals surface area contributed by atoms with E-state index in [2.05, 4.69) is 10.3 Å². The Morgan fingerprint density at radius 1 is 1.33 bits per heavy atom. The standard InChI is InChI=1S/C20H23N3O7/c1-13(24)21-16-8-9-23(19(27)22-16)17-10-15(25)20(30-17,18(26)28-2)12-29-11-14-6-4-3-5-7-14/h3-9,15,17,25H,10-12H2,1-2H3,(H,21,22,24,27)/t15-,17+,20+/m0/s1. The van der Waals surface area contributed by atoms with Gasteiger partial charge in [-0.05, 0) is 11.6 Å². The highest BCUT2D eigenvalue weighted by molar-refractivity contribution is 5.87. The van der Waals surface area contributed by atoms with Gasteiger partial charge in [-0.3, -0.25) is 9.36 Å². The normalized spacial score (nSPS) is 23.2. The molecule has 1 saturated heterocycles.